The Morgan fingerprint density at radius 3 is 2.71 bits per heavy atom. The molecule has 2 saturated heterocycles. The number of likely N-dealkylation sites (tertiary alicyclic amines) is 1. The Morgan fingerprint density at radius 2 is 2.10 bits per heavy atom. The Labute approximate surface area is 131 Å². The standard InChI is InChI=1S/C14H23N5O.ClH/c1-14(2)6-3-9-18(14)13(20)12-10-19(17-16-12)11-4-7-15-8-5-11;/h10-11,15H,3-9H2,1-2H3;1H. The van der Waals surface area contributed by atoms with E-state index in [-0.39, 0.29) is 23.9 Å². The molecule has 7 heteroatoms. The van der Waals surface area contributed by atoms with Gasteiger partial charge < -0.3 is 10.2 Å². The summed E-state index contributed by atoms with van der Waals surface area (Å²) in [7, 11) is 0. The number of halogens is 1. The van der Waals surface area contributed by atoms with Gasteiger partial charge in [0.15, 0.2) is 5.69 Å². The van der Waals surface area contributed by atoms with E-state index in [0.717, 1.165) is 45.3 Å². The smallest absolute Gasteiger partial charge is 0.276 e. The first-order chi connectivity index (χ1) is 9.58. The summed E-state index contributed by atoms with van der Waals surface area (Å²) < 4.78 is 1.87. The Bertz CT molecular complexity index is 495. The summed E-state index contributed by atoms with van der Waals surface area (Å²) in [5.74, 6) is 0.0210. The molecule has 1 aromatic rings. The third-order valence-electron chi connectivity index (χ3n) is 4.56. The van der Waals surface area contributed by atoms with Gasteiger partial charge in [-0.1, -0.05) is 5.21 Å². The highest BCUT2D eigenvalue weighted by Crippen LogP contribution is 2.29. The molecule has 0 aromatic carbocycles. The molecule has 0 atom stereocenters. The van der Waals surface area contributed by atoms with Crippen LogP contribution in [0.4, 0.5) is 0 Å². The van der Waals surface area contributed by atoms with Crippen LogP contribution in [0.25, 0.3) is 0 Å². The molecule has 3 heterocycles. The molecular formula is C14H24ClN5O. The Morgan fingerprint density at radius 1 is 1.38 bits per heavy atom. The number of nitrogens with zero attached hydrogens (tertiary/aromatic N) is 4. The highest BCUT2D eigenvalue weighted by molar-refractivity contribution is 5.92. The molecule has 6 nitrogen and oxygen atoms in total. The molecule has 0 aliphatic carbocycles. The lowest BCUT2D eigenvalue weighted by molar-refractivity contribution is 0.0645. The van der Waals surface area contributed by atoms with Crippen LogP contribution in [0.15, 0.2) is 6.20 Å². The van der Waals surface area contributed by atoms with E-state index in [1.165, 1.54) is 0 Å². The van der Waals surface area contributed by atoms with Gasteiger partial charge in [-0.05, 0) is 52.6 Å². The second-order valence-corrected chi connectivity index (χ2v) is 6.44. The van der Waals surface area contributed by atoms with E-state index in [1.54, 1.807) is 0 Å². The summed E-state index contributed by atoms with van der Waals surface area (Å²) in [6.45, 7) is 7.08. The van der Waals surface area contributed by atoms with Gasteiger partial charge in [0.05, 0.1) is 12.2 Å². The SMILES string of the molecule is CC1(C)CCCN1C(=O)c1cn(C2CCNCC2)nn1.Cl. The average molecular weight is 314 g/mol. The van der Waals surface area contributed by atoms with Crippen molar-refractivity contribution < 1.29 is 4.79 Å². The number of carbonyl (C=O) groups excluding carboxylic acids is 1. The zero-order valence-corrected chi connectivity index (χ0v) is 13.5. The lowest BCUT2D eigenvalue weighted by Gasteiger charge is -2.30. The molecule has 3 rings (SSSR count). The fourth-order valence-electron chi connectivity index (χ4n) is 3.25. The van der Waals surface area contributed by atoms with E-state index in [2.05, 4.69) is 29.5 Å². The second-order valence-electron chi connectivity index (χ2n) is 6.44. The lowest BCUT2D eigenvalue weighted by Crippen LogP contribution is -2.42. The molecule has 0 saturated carbocycles. The van der Waals surface area contributed by atoms with Crippen LogP contribution >= 0.6 is 12.4 Å². The predicted molar refractivity (Wildman–Crippen MR) is 82.8 cm³/mol. The molecule has 1 aromatic heterocycles. The van der Waals surface area contributed by atoms with E-state index in [1.807, 2.05) is 15.8 Å². The van der Waals surface area contributed by atoms with E-state index >= 15 is 0 Å². The number of piperidine rings is 1. The monoisotopic (exact) mass is 313 g/mol. The first-order valence-electron chi connectivity index (χ1n) is 7.52. The summed E-state index contributed by atoms with van der Waals surface area (Å²) in [4.78, 5) is 14.5. The summed E-state index contributed by atoms with van der Waals surface area (Å²) in [6, 6.07) is 0.372. The molecule has 0 spiro atoms. The molecule has 0 unspecified atom stereocenters. The van der Waals surface area contributed by atoms with Crippen molar-refractivity contribution in [2.24, 2.45) is 0 Å². The largest absolute Gasteiger partial charge is 0.332 e. The van der Waals surface area contributed by atoms with Gasteiger partial charge in [-0.2, -0.15) is 0 Å². The molecular weight excluding hydrogens is 290 g/mol. The number of nitrogens with one attached hydrogen (secondary N) is 1. The van der Waals surface area contributed by atoms with E-state index < -0.39 is 0 Å². The van der Waals surface area contributed by atoms with E-state index in [9.17, 15) is 4.79 Å². The predicted octanol–water partition coefficient (Wildman–Crippen LogP) is 1.64. The van der Waals surface area contributed by atoms with Crippen LogP contribution in [0.5, 0.6) is 0 Å². The van der Waals surface area contributed by atoms with Crippen molar-refractivity contribution in [3.05, 3.63) is 11.9 Å². The topological polar surface area (TPSA) is 63.1 Å². The maximum Gasteiger partial charge on any atom is 0.276 e. The van der Waals surface area contributed by atoms with Gasteiger partial charge in [0.25, 0.3) is 5.91 Å². The molecule has 1 amide bonds. The summed E-state index contributed by atoms with van der Waals surface area (Å²) in [5.41, 5.74) is 0.425. The zero-order valence-electron chi connectivity index (χ0n) is 12.7. The normalized spacial score (nSPS) is 22.1. The van der Waals surface area contributed by atoms with Crippen molar-refractivity contribution in [2.75, 3.05) is 19.6 Å². The van der Waals surface area contributed by atoms with Gasteiger partial charge in [0.2, 0.25) is 0 Å². The number of amides is 1. The third-order valence-corrected chi connectivity index (χ3v) is 4.56. The maximum absolute atomic E-state index is 12.6. The minimum atomic E-state index is -0.0599. The van der Waals surface area contributed by atoms with Crippen LogP contribution in [0, 0.1) is 0 Å². The zero-order chi connectivity index (χ0) is 14.2. The highest BCUT2D eigenvalue weighted by atomic mass is 35.5. The number of rotatable bonds is 2. The Balaban J connectivity index is 0.00000161. The minimum Gasteiger partial charge on any atom is -0.332 e. The van der Waals surface area contributed by atoms with Crippen LogP contribution in [0.1, 0.15) is 56.1 Å². The van der Waals surface area contributed by atoms with Crippen molar-refractivity contribution in [3.63, 3.8) is 0 Å². The lowest BCUT2D eigenvalue weighted by atomic mass is 10.0. The van der Waals surface area contributed by atoms with Crippen molar-refractivity contribution in [1.29, 1.82) is 0 Å². The van der Waals surface area contributed by atoms with E-state index in [4.69, 9.17) is 0 Å². The average Bonchev–Trinajstić information content (AvgIpc) is 3.05. The minimum absolute atomic E-state index is 0. The van der Waals surface area contributed by atoms with Crippen LogP contribution in [-0.2, 0) is 0 Å². The molecule has 1 N–H and O–H groups in total. The van der Waals surface area contributed by atoms with E-state index in [0.29, 0.717) is 11.7 Å². The number of hydrogen-bond acceptors (Lipinski definition) is 4. The first-order valence-corrected chi connectivity index (χ1v) is 7.52. The molecule has 2 aliphatic heterocycles. The van der Waals surface area contributed by atoms with Crippen LogP contribution < -0.4 is 5.32 Å². The van der Waals surface area contributed by atoms with Gasteiger partial charge in [-0.25, -0.2) is 4.68 Å². The first kappa shape index (κ1) is 16.2. The molecule has 2 fully saturated rings. The second kappa shape index (κ2) is 6.32. The summed E-state index contributed by atoms with van der Waals surface area (Å²) in [6.07, 6.45) is 6.05. The van der Waals surface area contributed by atoms with Crippen LogP contribution in [0.2, 0.25) is 0 Å². The van der Waals surface area contributed by atoms with Gasteiger partial charge >= 0.3 is 0 Å². The van der Waals surface area contributed by atoms with Crippen molar-refractivity contribution >= 4 is 18.3 Å². The third kappa shape index (κ3) is 3.21. The molecule has 21 heavy (non-hydrogen) atoms. The van der Waals surface area contributed by atoms with Crippen molar-refractivity contribution in [1.82, 2.24) is 25.2 Å². The maximum atomic E-state index is 12.6. The van der Waals surface area contributed by atoms with Gasteiger partial charge in [-0.15, -0.1) is 17.5 Å². The highest BCUT2D eigenvalue weighted by Gasteiger charge is 2.37. The van der Waals surface area contributed by atoms with Gasteiger partial charge in [0, 0.05) is 12.1 Å². The molecule has 0 radical (unpaired) electrons. The fourth-order valence-corrected chi connectivity index (χ4v) is 3.25. The van der Waals surface area contributed by atoms with Gasteiger partial charge in [-0.3, -0.25) is 4.79 Å². The number of hydrogen-bond donors (Lipinski definition) is 1. The summed E-state index contributed by atoms with van der Waals surface area (Å²) in [5, 5.41) is 11.6. The van der Waals surface area contributed by atoms with Crippen LogP contribution in [0.3, 0.4) is 0 Å². The molecule has 118 valence electrons. The Hall–Kier alpha value is -1.14. The van der Waals surface area contributed by atoms with Crippen molar-refractivity contribution in [3.8, 4) is 0 Å². The quantitative estimate of drug-likeness (QED) is 0.901. The fraction of sp³-hybridized carbons (Fsp3) is 0.786. The number of carbonyl (C=O) groups is 1. The Kier molecular flexibility index (Phi) is 4.88. The molecule has 0 bridgehead atoms. The van der Waals surface area contributed by atoms with Crippen LogP contribution in [-0.4, -0.2) is 51.0 Å². The van der Waals surface area contributed by atoms with Crippen molar-refractivity contribution in [2.45, 2.75) is 51.1 Å². The molecule has 2 aliphatic rings. The number of aromatic nitrogens is 3. The summed E-state index contributed by atoms with van der Waals surface area (Å²) >= 11 is 0. The van der Waals surface area contributed by atoms with Gasteiger partial charge in [0.1, 0.15) is 0 Å².